The summed E-state index contributed by atoms with van der Waals surface area (Å²) in [5.74, 6) is -1.74. The molecule has 0 N–H and O–H groups in total. The molecule has 3 nitrogen and oxygen atoms in total. The number of benzene rings is 1. The molecule has 0 radical (unpaired) electrons. The number of hydrogen-bond acceptors (Lipinski definition) is 2. The first-order valence-corrected chi connectivity index (χ1v) is 9.65. The standard InChI is InChI=1S/C20H25F3N2O/c21-17-9-15(10-18(22)16(17)13-24-5-1-2-6-24)20(23)11-14(12-20)19(26)25-7-3-4-8-25/h9-10,14H,1-8,11-13H2/t14-,20+. The van der Waals surface area contributed by atoms with Crippen molar-refractivity contribution in [3.63, 3.8) is 0 Å². The number of alkyl halides is 1. The first kappa shape index (κ1) is 17.8. The van der Waals surface area contributed by atoms with Crippen LogP contribution in [-0.4, -0.2) is 41.9 Å². The van der Waals surface area contributed by atoms with Crippen molar-refractivity contribution in [1.82, 2.24) is 9.80 Å². The Morgan fingerprint density at radius 2 is 1.54 bits per heavy atom. The molecule has 0 unspecified atom stereocenters. The molecule has 1 aromatic carbocycles. The second-order valence-electron chi connectivity index (χ2n) is 8.00. The zero-order valence-corrected chi connectivity index (χ0v) is 14.9. The summed E-state index contributed by atoms with van der Waals surface area (Å²) in [5, 5.41) is 0. The second-order valence-corrected chi connectivity index (χ2v) is 8.00. The Hall–Kier alpha value is -1.56. The normalized spacial score (nSPS) is 29.2. The maximum atomic E-state index is 15.1. The van der Waals surface area contributed by atoms with Gasteiger partial charge in [0, 0.05) is 31.1 Å². The Balaban J connectivity index is 1.45. The molecule has 2 heterocycles. The van der Waals surface area contributed by atoms with Crippen LogP contribution < -0.4 is 0 Å². The third kappa shape index (κ3) is 3.24. The summed E-state index contributed by atoms with van der Waals surface area (Å²) in [6.45, 7) is 3.39. The lowest BCUT2D eigenvalue weighted by molar-refractivity contribution is -0.144. The lowest BCUT2D eigenvalue weighted by Gasteiger charge is -2.42. The van der Waals surface area contributed by atoms with E-state index in [9.17, 15) is 13.6 Å². The van der Waals surface area contributed by atoms with Crippen LogP contribution in [0.3, 0.4) is 0 Å². The zero-order chi connectivity index (χ0) is 18.3. The first-order valence-electron chi connectivity index (χ1n) is 9.65. The molecule has 1 aromatic rings. The monoisotopic (exact) mass is 366 g/mol. The van der Waals surface area contributed by atoms with E-state index < -0.39 is 17.3 Å². The number of carbonyl (C=O) groups excluding carboxylic acids is 1. The van der Waals surface area contributed by atoms with Crippen LogP contribution in [0, 0.1) is 17.6 Å². The molecule has 1 amide bonds. The number of carbonyl (C=O) groups is 1. The molecule has 0 aromatic heterocycles. The Bertz CT molecular complexity index is 667. The van der Waals surface area contributed by atoms with E-state index in [1.54, 1.807) is 4.90 Å². The highest BCUT2D eigenvalue weighted by molar-refractivity contribution is 5.80. The van der Waals surface area contributed by atoms with Gasteiger partial charge < -0.3 is 4.90 Å². The summed E-state index contributed by atoms with van der Waals surface area (Å²) in [6.07, 6.45) is 4.12. The van der Waals surface area contributed by atoms with E-state index in [2.05, 4.69) is 0 Å². The summed E-state index contributed by atoms with van der Waals surface area (Å²) in [4.78, 5) is 16.1. The Labute approximate surface area is 152 Å². The van der Waals surface area contributed by atoms with Crippen LogP contribution in [0.15, 0.2) is 12.1 Å². The molecule has 1 saturated carbocycles. The summed E-state index contributed by atoms with van der Waals surface area (Å²) >= 11 is 0. The van der Waals surface area contributed by atoms with Crippen LogP contribution in [0.2, 0.25) is 0 Å². The average Bonchev–Trinajstić information content (AvgIpc) is 3.27. The lowest BCUT2D eigenvalue weighted by Crippen LogP contribution is -2.46. The van der Waals surface area contributed by atoms with Gasteiger partial charge in [0.2, 0.25) is 5.91 Å². The topological polar surface area (TPSA) is 23.6 Å². The molecular formula is C20H25F3N2O. The molecule has 26 heavy (non-hydrogen) atoms. The molecule has 4 rings (SSSR count). The molecule has 3 aliphatic rings. The first-order chi connectivity index (χ1) is 12.5. The number of nitrogens with zero attached hydrogens (tertiary/aromatic N) is 2. The van der Waals surface area contributed by atoms with Crippen LogP contribution in [0.4, 0.5) is 13.2 Å². The van der Waals surface area contributed by atoms with Gasteiger partial charge in [0.1, 0.15) is 17.3 Å². The van der Waals surface area contributed by atoms with Crippen molar-refractivity contribution in [1.29, 1.82) is 0 Å². The smallest absolute Gasteiger partial charge is 0.225 e. The van der Waals surface area contributed by atoms with Gasteiger partial charge in [0.15, 0.2) is 0 Å². The summed E-state index contributed by atoms with van der Waals surface area (Å²) in [7, 11) is 0. The van der Waals surface area contributed by atoms with Gasteiger partial charge in [0.25, 0.3) is 0 Å². The molecule has 2 saturated heterocycles. The van der Waals surface area contributed by atoms with E-state index >= 15 is 4.39 Å². The van der Waals surface area contributed by atoms with Gasteiger partial charge in [0.05, 0.1) is 0 Å². The molecule has 2 aliphatic heterocycles. The molecule has 3 fully saturated rings. The number of rotatable bonds is 4. The fourth-order valence-corrected chi connectivity index (χ4v) is 4.50. The summed E-state index contributed by atoms with van der Waals surface area (Å²) in [5.41, 5.74) is -1.75. The van der Waals surface area contributed by atoms with Crippen molar-refractivity contribution in [3.8, 4) is 0 Å². The minimum Gasteiger partial charge on any atom is -0.342 e. The number of hydrogen-bond donors (Lipinski definition) is 0. The van der Waals surface area contributed by atoms with Crippen molar-refractivity contribution in [3.05, 3.63) is 34.9 Å². The van der Waals surface area contributed by atoms with E-state index in [-0.39, 0.29) is 42.3 Å². The van der Waals surface area contributed by atoms with Gasteiger partial charge in [-0.1, -0.05) is 0 Å². The lowest BCUT2D eigenvalue weighted by atomic mass is 9.68. The van der Waals surface area contributed by atoms with Crippen molar-refractivity contribution < 1.29 is 18.0 Å². The third-order valence-corrected chi connectivity index (χ3v) is 6.15. The molecule has 6 heteroatoms. The van der Waals surface area contributed by atoms with Gasteiger partial charge in [-0.05, 0) is 69.3 Å². The molecule has 142 valence electrons. The SMILES string of the molecule is O=C([C@H]1C[C@](F)(c2cc(F)c(CN3CCCC3)c(F)c2)C1)N1CCCC1. The Kier molecular flexibility index (Phi) is 4.71. The zero-order valence-electron chi connectivity index (χ0n) is 14.9. The van der Waals surface area contributed by atoms with E-state index in [0.717, 1.165) is 64.0 Å². The quantitative estimate of drug-likeness (QED) is 0.810. The fraction of sp³-hybridized carbons (Fsp3) is 0.650. The maximum absolute atomic E-state index is 15.1. The van der Waals surface area contributed by atoms with Crippen LogP contribution in [0.25, 0.3) is 0 Å². The van der Waals surface area contributed by atoms with Crippen LogP contribution in [-0.2, 0) is 17.0 Å². The Morgan fingerprint density at radius 1 is 1.00 bits per heavy atom. The second kappa shape index (κ2) is 6.87. The molecule has 0 bridgehead atoms. The van der Waals surface area contributed by atoms with Crippen molar-refractivity contribution in [2.75, 3.05) is 26.2 Å². The summed E-state index contributed by atoms with van der Waals surface area (Å²) < 4.78 is 44.0. The molecular weight excluding hydrogens is 341 g/mol. The predicted octanol–water partition coefficient (Wildman–Crippen LogP) is 3.76. The molecule has 0 spiro atoms. The fourth-order valence-electron chi connectivity index (χ4n) is 4.50. The minimum atomic E-state index is -1.80. The van der Waals surface area contributed by atoms with Crippen LogP contribution in [0.1, 0.15) is 49.7 Å². The van der Waals surface area contributed by atoms with E-state index in [1.165, 1.54) is 0 Å². The summed E-state index contributed by atoms with van der Waals surface area (Å²) in [6, 6.07) is 2.26. The third-order valence-electron chi connectivity index (χ3n) is 6.15. The van der Waals surface area contributed by atoms with Gasteiger partial charge >= 0.3 is 0 Å². The highest BCUT2D eigenvalue weighted by Gasteiger charge is 2.50. The minimum absolute atomic E-state index is 0.0117. The van der Waals surface area contributed by atoms with E-state index in [0.29, 0.717) is 0 Å². The number of amides is 1. The van der Waals surface area contributed by atoms with Gasteiger partial charge in [-0.25, -0.2) is 13.2 Å². The average molecular weight is 366 g/mol. The van der Waals surface area contributed by atoms with Gasteiger partial charge in [-0.3, -0.25) is 9.69 Å². The molecule has 0 atom stereocenters. The van der Waals surface area contributed by atoms with Gasteiger partial charge in [-0.15, -0.1) is 0 Å². The van der Waals surface area contributed by atoms with E-state index in [1.807, 2.05) is 4.90 Å². The number of likely N-dealkylation sites (tertiary alicyclic amines) is 2. The maximum Gasteiger partial charge on any atom is 0.225 e. The molecule has 1 aliphatic carbocycles. The van der Waals surface area contributed by atoms with Crippen LogP contribution in [0.5, 0.6) is 0 Å². The van der Waals surface area contributed by atoms with Crippen molar-refractivity contribution in [2.24, 2.45) is 5.92 Å². The van der Waals surface area contributed by atoms with Crippen molar-refractivity contribution >= 4 is 5.91 Å². The predicted molar refractivity (Wildman–Crippen MR) is 92.2 cm³/mol. The van der Waals surface area contributed by atoms with E-state index in [4.69, 9.17) is 0 Å². The Morgan fingerprint density at radius 3 is 2.12 bits per heavy atom. The van der Waals surface area contributed by atoms with Crippen LogP contribution >= 0.6 is 0 Å². The van der Waals surface area contributed by atoms with Gasteiger partial charge in [-0.2, -0.15) is 0 Å². The van der Waals surface area contributed by atoms with Crippen molar-refractivity contribution in [2.45, 2.75) is 50.7 Å². The highest BCUT2D eigenvalue weighted by atomic mass is 19.1. The highest BCUT2D eigenvalue weighted by Crippen LogP contribution is 2.50. The largest absolute Gasteiger partial charge is 0.342 e. The number of halogens is 3.